The van der Waals surface area contributed by atoms with E-state index in [2.05, 4.69) is 52.0 Å². The molecule has 0 spiro atoms. The van der Waals surface area contributed by atoms with Gasteiger partial charge >= 0.3 is 0 Å². The molecule has 0 amide bonds. The molecule has 0 aromatic heterocycles. The van der Waals surface area contributed by atoms with Crippen molar-refractivity contribution < 1.29 is 9.53 Å². The van der Waals surface area contributed by atoms with Gasteiger partial charge in [-0.05, 0) is 34.1 Å². The zero-order valence-corrected chi connectivity index (χ0v) is 16.5. The fraction of sp³-hybridized carbons (Fsp3) is 0.435. The Morgan fingerprint density at radius 3 is 2.08 bits per heavy atom. The van der Waals surface area contributed by atoms with Gasteiger partial charge in [-0.15, -0.1) is 0 Å². The van der Waals surface area contributed by atoms with Gasteiger partial charge in [0, 0.05) is 5.56 Å². The van der Waals surface area contributed by atoms with Crippen molar-refractivity contribution in [3.8, 4) is 0 Å². The lowest BCUT2D eigenvalue weighted by atomic mass is 9.75. The highest BCUT2D eigenvalue weighted by Gasteiger charge is 2.24. The van der Waals surface area contributed by atoms with Crippen LogP contribution in [0.15, 0.2) is 48.5 Å². The zero-order chi connectivity index (χ0) is 18.9. The van der Waals surface area contributed by atoms with Crippen molar-refractivity contribution in [1.29, 1.82) is 0 Å². The molecule has 2 aromatic carbocycles. The van der Waals surface area contributed by atoms with Crippen LogP contribution in [0, 0.1) is 5.92 Å². The fourth-order valence-electron chi connectivity index (χ4n) is 2.44. The Hall–Kier alpha value is -1.93. The SMILES string of the molecule is CC.CC(C)C(C)(C)c1cccc(COCc2cccc(C=O)c2)c1. The molecule has 2 aromatic rings. The first kappa shape index (κ1) is 21.1. The van der Waals surface area contributed by atoms with E-state index in [0.29, 0.717) is 24.7 Å². The van der Waals surface area contributed by atoms with Crippen molar-refractivity contribution in [2.24, 2.45) is 5.92 Å². The molecule has 0 aliphatic carbocycles. The van der Waals surface area contributed by atoms with Crippen molar-refractivity contribution in [1.82, 2.24) is 0 Å². The van der Waals surface area contributed by atoms with Crippen LogP contribution in [-0.2, 0) is 23.4 Å². The van der Waals surface area contributed by atoms with Gasteiger partial charge in [-0.3, -0.25) is 4.79 Å². The summed E-state index contributed by atoms with van der Waals surface area (Å²) in [7, 11) is 0. The molecule has 0 saturated carbocycles. The maximum absolute atomic E-state index is 10.8. The Kier molecular flexibility index (Phi) is 8.57. The van der Waals surface area contributed by atoms with Crippen LogP contribution in [0.25, 0.3) is 0 Å². The molecule has 2 heteroatoms. The Balaban J connectivity index is 0.00000151. The number of rotatable bonds is 7. The van der Waals surface area contributed by atoms with E-state index in [1.54, 1.807) is 6.07 Å². The van der Waals surface area contributed by atoms with E-state index in [1.165, 1.54) is 11.1 Å². The molecule has 0 radical (unpaired) electrons. The number of hydrogen-bond donors (Lipinski definition) is 0. The molecule has 0 aliphatic rings. The Bertz CT molecular complexity index is 657. The molecule has 0 heterocycles. The normalized spacial score (nSPS) is 11.0. The maximum atomic E-state index is 10.8. The number of carbonyl (C=O) groups is 1. The van der Waals surface area contributed by atoms with Crippen LogP contribution in [0.2, 0.25) is 0 Å². The van der Waals surface area contributed by atoms with Crippen LogP contribution in [0.1, 0.15) is 68.6 Å². The van der Waals surface area contributed by atoms with E-state index >= 15 is 0 Å². The van der Waals surface area contributed by atoms with Gasteiger partial charge in [0.05, 0.1) is 13.2 Å². The molecule has 2 rings (SSSR count). The highest BCUT2D eigenvalue weighted by Crippen LogP contribution is 2.31. The van der Waals surface area contributed by atoms with E-state index in [9.17, 15) is 4.79 Å². The van der Waals surface area contributed by atoms with Crippen LogP contribution in [0.5, 0.6) is 0 Å². The lowest BCUT2D eigenvalue weighted by Crippen LogP contribution is -2.24. The molecule has 0 aliphatic heterocycles. The second kappa shape index (κ2) is 10.1. The van der Waals surface area contributed by atoms with Gasteiger partial charge in [-0.1, -0.05) is 84.0 Å². The van der Waals surface area contributed by atoms with Crippen molar-refractivity contribution in [2.75, 3.05) is 0 Å². The average molecular weight is 341 g/mol. The first-order chi connectivity index (χ1) is 11.9. The fourth-order valence-corrected chi connectivity index (χ4v) is 2.44. The van der Waals surface area contributed by atoms with Crippen molar-refractivity contribution in [3.05, 3.63) is 70.8 Å². The van der Waals surface area contributed by atoms with Gasteiger partial charge in [0.2, 0.25) is 0 Å². The summed E-state index contributed by atoms with van der Waals surface area (Å²) in [6.45, 7) is 14.2. The summed E-state index contributed by atoms with van der Waals surface area (Å²) in [4.78, 5) is 10.8. The standard InChI is InChI=1S/C21H26O2.C2H6/c1-16(2)21(3,4)20-10-6-9-19(12-20)15-23-14-18-8-5-7-17(11-18)13-22;1-2/h5-13,16H,14-15H2,1-4H3;1-2H3. The van der Waals surface area contributed by atoms with Crippen LogP contribution in [0.4, 0.5) is 0 Å². The predicted molar refractivity (Wildman–Crippen MR) is 106 cm³/mol. The van der Waals surface area contributed by atoms with Gasteiger partial charge in [0.25, 0.3) is 0 Å². The predicted octanol–water partition coefficient (Wildman–Crippen LogP) is 6.18. The highest BCUT2D eigenvalue weighted by molar-refractivity contribution is 5.74. The monoisotopic (exact) mass is 340 g/mol. The van der Waals surface area contributed by atoms with E-state index in [0.717, 1.165) is 11.8 Å². The summed E-state index contributed by atoms with van der Waals surface area (Å²) in [6.07, 6.45) is 0.862. The maximum Gasteiger partial charge on any atom is 0.150 e. The van der Waals surface area contributed by atoms with E-state index in [-0.39, 0.29) is 5.41 Å². The molecule has 0 N–H and O–H groups in total. The third-order valence-corrected chi connectivity index (χ3v) is 4.74. The third kappa shape index (κ3) is 6.13. The second-order valence-electron chi connectivity index (χ2n) is 6.93. The smallest absolute Gasteiger partial charge is 0.150 e. The van der Waals surface area contributed by atoms with Gasteiger partial charge in [0.1, 0.15) is 6.29 Å². The molecule has 25 heavy (non-hydrogen) atoms. The molecular weight excluding hydrogens is 308 g/mol. The van der Waals surface area contributed by atoms with Gasteiger partial charge in [-0.2, -0.15) is 0 Å². The number of hydrogen-bond acceptors (Lipinski definition) is 2. The lowest BCUT2D eigenvalue weighted by Gasteiger charge is -2.30. The first-order valence-electron chi connectivity index (χ1n) is 9.14. The molecule has 136 valence electrons. The van der Waals surface area contributed by atoms with Gasteiger partial charge in [-0.25, -0.2) is 0 Å². The molecule has 2 nitrogen and oxygen atoms in total. The lowest BCUT2D eigenvalue weighted by molar-refractivity contribution is 0.106. The molecule has 0 bridgehead atoms. The van der Waals surface area contributed by atoms with Gasteiger partial charge < -0.3 is 4.74 Å². The minimum atomic E-state index is 0.147. The Morgan fingerprint density at radius 2 is 1.52 bits per heavy atom. The van der Waals surface area contributed by atoms with Crippen LogP contribution in [-0.4, -0.2) is 6.29 Å². The van der Waals surface area contributed by atoms with Gasteiger partial charge in [0.15, 0.2) is 0 Å². The molecule has 0 atom stereocenters. The summed E-state index contributed by atoms with van der Waals surface area (Å²) in [5.74, 6) is 0.574. The van der Waals surface area contributed by atoms with E-state index in [4.69, 9.17) is 4.74 Å². The highest BCUT2D eigenvalue weighted by atomic mass is 16.5. The van der Waals surface area contributed by atoms with Crippen molar-refractivity contribution in [2.45, 2.75) is 60.2 Å². The quantitative estimate of drug-likeness (QED) is 0.563. The van der Waals surface area contributed by atoms with E-state index < -0.39 is 0 Å². The number of aldehydes is 1. The summed E-state index contributed by atoms with van der Waals surface area (Å²) in [6, 6.07) is 16.2. The van der Waals surface area contributed by atoms with Crippen molar-refractivity contribution >= 4 is 6.29 Å². The van der Waals surface area contributed by atoms with Crippen molar-refractivity contribution in [3.63, 3.8) is 0 Å². The minimum absolute atomic E-state index is 0.147. The van der Waals surface area contributed by atoms with Crippen LogP contribution in [0.3, 0.4) is 0 Å². The summed E-state index contributed by atoms with van der Waals surface area (Å²) in [5.41, 5.74) is 4.38. The summed E-state index contributed by atoms with van der Waals surface area (Å²) in [5, 5.41) is 0. The first-order valence-corrected chi connectivity index (χ1v) is 9.14. The molecule has 0 saturated heterocycles. The molecule has 0 unspecified atom stereocenters. The molecular formula is C23H32O2. The molecule has 0 fully saturated rings. The average Bonchev–Trinajstić information content (AvgIpc) is 2.63. The number of carbonyl (C=O) groups excluding carboxylic acids is 1. The Morgan fingerprint density at radius 1 is 0.960 bits per heavy atom. The number of benzene rings is 2. The van der Waals surface area contributed by atoms with Crippen LogP contribution >= 0.6 is 0 Å². The number of ether oxygens (including phenoxy) is 1. The summed E-state index contributed by atoms with van der Waals surface area (Å²) < 4.78 is 5.82. The zero-order valence-electron chi connectivity index (χ0n) is 16.5. The third-order valence-electron chi connectivity index (χ3n) is 4.74. The second-order valence-corrected chi connectivity index (χ2v) is 6.93. The Labute approximate surface area is 153 Å². The largest absolute Gasteiger partial charge is 0.372 e. The topological polar surface area (TPSA) is 26.3 Å². The minimum Gasteiger partial charge on any atom is -0.372 e. The van der Waals surface area contributed by atoms with Crippen LogP contribution < -0.4 is 0 Å². The summed E-state index contributed by atoms with van der Waals surface area (Å²) >= 11 is 0. The van der Waals surface area contributed by atoms with E-state index in [1.807, 2.05) is 32.0 Å².